The summed E-state index contributed by atoms with van der Waals surface area (Å²) < 4.78 is 1.79. The van der Waals surface area contributed by atoms with E-state index in [1.165, 1.54) is 6.42 Å². The summed E-state index contributed by atoms with van der Waals surface area (Å²) in [4.78, 5) is 36.3. The minimum Gasteiger partial charge on any atom is -0.339 e. The number of piperazine rings is 1. The Hall–Kier alpha value is -3.26. The quantitative estimate of drug-likeness (QED) is 0.636. The van der Waals surface area contributed by atoms with Crippen molar-refractivity contribution in [1.29, 1.82) is 0 Å². The summed E-state index contributed by atoms with van der Waals surface area (Å²) in [5.74, 6) is 0.0134. The van der Waals surface area contributed by atoms with Crippen LogP contribution in [0.25, 0.3) is 16.8 Å². The third-order valence-electron chi connectivity index (χ3n) is 6.49. The van der Waals surface area contributed by atoms with Crippen LogP contribution in [0.2, 0.25) is 0 Å². The molecule has 5 rings (SSSR count). The molecule has 2 amide bonds. The average Bonchev–Trinajstić information content (AvgIpc) is 3.29. The van der Waals surface area contributed by atoms with Gasteiger partial charge in [0.2, 0.25) is 0 Å². The van der Waals surface area contributed by atoms with Crippen molar-refractivity contribution in [2.24, 2.45) is 0 Å². The molecule has 2 aliphatic rings. The lowest BCUT2D eigenvalue weighted by atomic mass is 10.1. The largest absolute Gasteiger partial charge is 0.339 e. The molecule has 0 aromatic carbocycles. The maximum Gasteiger partial charge on any atom is 0.272 e. The molecule has 0 unspecified atom stereocenters. The number of likely N-dealkylation sites (N-methyl/N-ethyl adjacent to an activating group) is 1. The van der Waals surface area contributed by atoms with Crippen LogP contribution in [0.15, 0.2) is 42.7 Å². The van der Waals surface area contributed by atoms with Gasteiger partial charge < -0.3 is 14.7 Å². The lowest BCUT2D eigenvalue weighted by Crippen LogP contribution is -2.47. The number of rotatable bonds is 3. The predicted molar refractivity (Wildman–Crippen MR) is 122 cm³/mol. The minimum atomic E-state index is -0.0311. The van der Waals surface area contributed by atoms with Crippen molar-refractivity contribution in [2.75, 3.05) is 46.3 Å². The van der Waals surface area contributed by atoms with Gasteiger partial charge in [-0.1, -0.05) is 6.07 Å². The summed E-state index contributed by atoms with van der Waals surface area (Å²) in [6.07, 6.45) is 6.67. The van der Waals surface area contributed by atoms with Gasteiger partial charge >= 0.3 is 0 Å². The van der Waals surface area contributed by atoms with E-state index in [2.05, 4.69) is 22.0 Å². The summed E-state index contributed by atoms with van der Waals surface area (Å²) >= 11 is 0. The lowest BCUT2D eigenvalue weighted by Gasteiger charge is -2.32. The first-order valence-electron chi connectivity index (χ1n) is 11.3. The summed E-state index contributed by atoms with van der Waals surface area (Å²) in [5.41, 5.74) is 3.56. The highest BCUT2D eigenvalue weighted by Crippen LogP contribution is 2.24. The molecule has 0 radical (unpaired) electrons. The van der Waals surface area contributed by atoms with Crippen molar-refractivity contribution >= 4 is 17.3 Å². The van der Waals surface area contributed by atoms with Crippen molar-refractivity contribution in [3.63, 3.8) is 0 Å². The Morgan fingerprint density at radius 2 is 1.56 bits per heavy atom. The van der Waals surface area contributed by atoms with Gasteiger partial charge in [-0.2, -0.15) is 5.10 Å². The zero-order valence-electron chi connectivity index (χ0n) is 18.4. The maximum atomic E-state index is 13.0. The number of piperidine rings is 1. The SMILES string of the molecule is CN1CCN(C(=O)c2ccc(-c3cccc4c(C(=O)N5CCCCC5)cnn34)cn2)CC1. The predicted octanol–water partition coefficient (Wildman–Crippen LogP) is 2.41. The fourth-order valence-corrected chi connectivity index (χ4v) is 4.51. The van der Waals surface area contributed by atoms with Crippen LogP contribution in [0.5, 0.6) is 0 Å². The molecule has 3 aromatic rings. The third kappa shape index (κ3) is 3.86. The summed E-state index contributed by atoms with van der Waals surface area (Å²) in [5, 5.41) is 4.51. The summed E-state index contributed by atoms with van der Waals surface area (Å²) in [6.45, 7) is 4.82. The molecule has 5 heterocycles. The first-order chi connectivity index (χ1) is 15.6. The smallest absolute Gasteiger partial charge is 0.272 e. The Kier molecular flexibility index (Phi) is 5.61. The standard InChI is InChI=1S/C24H28N6O2/c1-27-12-14-29(15-13-27)24(32)20-9-8-18(16-25-20)21-6-5-7-22-19(17-26-30(21)22)23(31)28-10-3-2-4-11-28/h5-9,16-17H,2-4,10-15H2,1H3. The molecule has 2 aliphatic heterocycles. The molecule has 2 fully saturated rings. The van der Waals surface area contributed by atoms with Gasteiger partial charge in [-0.05, 0) is 50.6 Å². The van der Waals surface area contributed by atoms with Gasteiger partial charge in [0.1, 0.15) is 5.69 Å². The number of nitrogens with zero attached hydrogens (tertiary/aromatic N) is 6. The van der Waals surface area contributed by atoms with Gasteiger partial charge in [-0.3, -0.25) is 14.6 Å². The van der Waals surface area contributed by atoms with Gasteiger partial charge in [0.25, 0.3) is 11.8 Å². The van der Waals surface area contributed by atoms with Crippen LogP contribution in [-0.4, -0.2) is 87.4 Å². The van der Waals surface area contributed by atoms with Crippen LogP contribution in [0, 0.1) is 0 Å². The molecule has 3 aromatic heterocycles. The van der Waals surface area contributed by atoms with Crippen LogP contribution in [0.3, 0.4) is 0 Å². The molecule has 0 aliphatic carbocycles. The minimum absolute atomic E-state index is 0.0311. The number of hydrogen-bond acceptors (Lipinski definition) is 5. The fourth-order valence-electron chi connectivity index (χ4n) is 4.51. The number of pyridine rings is 2. The first kappa shape index (κ1) is 20.6. The van der Waals surface area contributed by atoms with E-state index in [0.29, 0.717) is 11.3 Å². The van der Waals surface area contributed by atoms with Crippen LogP contribution >= 0.6 is 0 Å². The number of aromatic nitrogens is 3. The van der Waals surface area contributed by atoms with Gasteiger partial charge in [0, 0.05) is 51.0 Å². The molecule has 166 valence electrons. The second-order valence-corrected chi connectivity index (χ2v) is 8.65. The lowest BCUT2D eigenvalue weighted by molar-refractivity contribution is 0.0657. The monoisotopic (exact) mass is 432 g/mol. The zero-order chi connectivity index (χ0) is 22.1. The molecule has 8 heteroatoms. The highest BCUT2D eigenvalue weighted by molar-refractivity contribution is 6.01. The molecule has 32 heavy (non-hydrogen) atoms. The Morgan fingerprint density at radius 3 is 2.28 bits per heavy atom. The maximum absolute atomic E-state index is 13.0. The average molecular weight is 433 g/mol. The van der Waals surface area contributed by atoms with E-state index in [4.69, 9.17) is 0 Å². The highest BCUT2D eigenvalue weighted by atomic mass is 16.2. The number of likely N-dealkylation sites (tertiary alicyclic amines) is 1. The van der Waals surface area contributed by atoms with Crippen molar-refractivity contribution < 1.29 is 9.59 Å². The molecule has 0 bridgehead atoms. The third-order valence-corrected chi connectivity index (χ3v) is 6.49. The van der Waals surface area contributed by atoms with Crippen LogP contribution in [0.1, 0.15) is 40.1 Å². The van der Waals surface area contributed by atoms with Crippen molar-refractivity contribution in [3.05, 3.63) is 54.0 Å². The number of fused-ring (bicyclic) bond motifs is 1. The molecule has 0 N–H and O–H groups in total. The second-order valence-electron chi connectivity index (χ2n) is 8.65. The van der Waals surface area contributed by atoms with E-state index in [1.54, 1.807) is 23.0 Å². The van der Waals surface area contributed by atoms with Crippen LogP contribution < -0.4 is 0 Å². The molecule has 8 nitrogen and oxygen atoms in total. The number of hydrogen-bond donors (Lipinski definition) is 0. The fraction of sp³-hybridized carbons (Fsp3) is 0.417. The molecule has 0 spiro atoms. The number of amides is 2. The van der Waals surface area contributed by atoms with E-state index in [1.807, 2.05) is 34.1 Å². The van der Waals surface area contributed by atoms with E-state index in [9.17, 15) is 9.59 Å². The molecule has 2 saturated heterocycles. The normalized spacial score (nSPS) is 17.7. The Morgan fingerprint density at radius 1 is 0.812 bits per heavy atom. The van der Waals surface area contributed by atoms with E-state index < -0.39 is 0 Å². The molecule has 0 atom stereocenters. The van der Waals surface area contributed by atoms with Crippen molar-refractivity contribution in [1.82, 2.24) is 29.3 Å². The zero-order valence-corrected chi connectivity index (χ0v) is 18.4. The van der Waals surface area contributed by atoms with E-state index in [-0.39, 0.29) is 11.8 Å². The molecular weight excluding hydrogens is 404 g/mol. The topological polar surface area (TPSA) is 74.1 Å². The molecular formula is C24H28N6O2. The first-order valence-corrected chi connectivity index (χ1v) is 11.3. The Labute approximate surface area is 187 Å². The van der Waals surface area contributed by atoms with Gasteiger partial charge in [-0.15, -0.1) is 0 Å². The van der Waals surface area contributed by atoms with Gasteiger partial charge in [0.05, 0.1) is 23.0 Å². The van der Waals surface area contributed by atoms with E-state index >= 15 is 0 Å². The Balaban J connectivity index is 1.39. The Bertz CT molecular complexity index is 1130. The van der Waals surface area contributed by atoms with Crippen molar-refractivity contribution in [3.8, 4) is 11.3 Å². The second kappa shape index (κ2) is 8.70. The van der Waals surface area contributed by atoms with Gasteiger partial charge in [-0.25, -0.2) is 4.52 Å². The number of carbonyl (C=O) groups excluding carboxylic acids is 2. The van der Waals surface area contributed by atoms with E-state index in [0.717, 1.165) is 68.9 Å². The summed E-state index contributed by atoms with van der Waals surface area (Å²) in [6, 6.07) is 9.49. The molecule has 0 saturated carbocycles. The van der Waals surface area contributed by atoms with Crippen LogP contribution in [0.4, 0.5) is 0 Å². The van der Waals surface area contributed by atoms with Crippen LogP contribution in [-0.2, 0) is 0 Å². The number of carbonyl (C=O) groups is 2. The highest BCUT2D eigenvalue weighted by Gasteiger charge is 2.23. The van der Waals surface area contributed by atoms with Crippen molar-refractivity contribution in [2.45, 2.75) is 19.3 Å². The van der Waals surface area contributed by atoms with Gasteiger partial charge in [0.15, 0.2) is 0 Å². The summed E-state index contributed by atoms with van der Waals surface area (Å²) in [7, 11) is 2.07.